The number of aliphatic hydroxyl groups is 1. The number of aromatic nitrogens is 2. The van der Waals surface area contributed by atoms with Gasteiger partial charge < -0.3 is 9.84 Å². The largest absolute Gasteiger partial charge is 0.493 e. The number of nitrogens with zero attached hydrogens (tertiary/aromatic N) is 2. The van der Waals surface area contributed by atoms with Crippen LogP contribution in [-0.2, 0) is 26.3 Å². The zero-order valence-electron chi connectivity index (χ0n) is 12.0. The molecule has 2 aromatic rings. The standard InChI is InChI=1S/C16H20N2O2/c1-3-13-9-14(18(2)17-13)10-15(19)11-4-5-16-12(8-11)6-7-20-16/h4-5,8-9,15,19H,3,6-7,10H2,1-2H3. The van der Waals surface area contributed by atoms with Crippen molar-refractivity contribution in [1.29, 1.82) is 0 Å². The van der Waals surface area contributed by atoms with E-state index in [4.69, 9.17) is 4.74 Å². The Balaban J connectivity index is 1.78. The Morgan fingerprint density at radius 3 is 3.00 bits per heavy atom. The highest BCUT2D eigenvalue weighted by atomic mass is 16.5. The lowest BCUT2D eigenvalue weighted by Crippen LogP contribution is -2.06. The van der Waals surface area contributed by atoms with Crippen molar-refractivity contribution in [3.05, 3.63) is 46.8 Å². The maximum Gasteiger partial charge on any atom is 0.122 e. The van der Waals surface area contributed by atoms with Crippen LogP contribution in [0.5, 0.6) is 5.75 Å². The van der Waals surface area contributed by atoms with Crippen LogP contribution >= 0.6 is 0 Å². The van der Waals surface area contributed by atoms with E-state index in [9.17, 15) is 5.11 Å². The number of benzene rings is 1. The summed E-state index contributed by atoms with van der Waals surface area (Å²) in [6.45, 7) is 2.83. The Morgan fingerprint density at radius 1 is 1.40 bits per heavy atom. The Bertz CT molecular complexity index is 619. The van der Waals surface area contributed by atoms with Gasteiger partial charge in [-0.05, 0) is 35.7 Å². The van der Waals surface area contributed by atoms with Gasteiger partial charge in [0.2, 0.25) is 0 Å². The van der Waals surface area contributed by atoms with E-state index in [-0.39, 0.29) is 0 Å². The molecule has 1 aliphatic heterocycles. The van der Waals surface area contributed by atoms with Crippen molar-refractivity contribution in [3.8, 4) is 5.75 Å². The van der Waals surface area contributed by atoms with E-state index in [1.165, 1.54) is 5.56 Å². The second-order valence-corrected chi connectivity index (χ2v) is 5.29. The molecule has 1 aromatic heterocycles. The van der Waals surface area contributed by atoms with E-state index < -0.39 is 6.10 Å². The van der Waals surface area contributed by atoms with Crippen LogP contribution in [0.4, 0.5) is 0 Å². The van der Waals surface area contributed by atoms with Gasteiger partial charge in [-0.25, -0.2) is 0 Å². The molecule has 1 atom stereocenters. The highest BCUT2D eigenvalue weighted by Gasteiger charge is 2.17. The van der Waals surface area contributed by atoms with E-state index in [2.05, 4.69) is 24.2 Å². The van der Waals surface area contributed by atoms with Gasteiger partial charge in [-0.1, -0.05) is 13.0 Å². The van der Waals surface area contributed by atoms with Crippen LogP contribution in [0, 0.1) is 0 Å². The van der Waals surface area contributed by atoms with Crippen molar-refractivity contribution in [3.63, 3.8) is 0 Å². The second-order valence-electron chi connectivity index (χ2n) is 5.29. The smallest absolute Gasteiger partial charge is 0.122 e. The van der Waals surface area contributed by atoms with E-state index in [1.807, 2.05) is 23.9 Å². The SMILES string of the molecule is CCc1cc(CC(O)c2ccc3c(c2)CCO3)n(C)n1. The summed E-state index contributed by atoms with van der Waals surface area (Å²) in [6.07, 6.45) is 1.94. The monoisotopic (exact) mass is 272 g/mol. The summed E-state index contributed by atoms with van der Waals surface area (Å²) in [5.74, 6) is 0.953. The van der Waals surface area contributed by atoms with Crippen molar-refractivity contribution in [2.45, 2.75) is 32.3 Å². The van der Waals surface area contributed by atoms with Crippen molar-refractivity contribution >= 4 is 0 Å². The average Bonchev–Trinajstić information content (AvgIpc) is 3.04. The fraction of sp³-hybridized carbons (Fsp3) is 0.438. The summed E-state index contributed by atoms with van der Waals surface area (Å²) in [5.41, 5.74) is 4.28. The molecule has 0 bridgehead atoms. The molecular formula is C16H20N2O2. The first-order valence-corrected chi connectivity index (χ1v) is 7.13. The molecule has 0 fully saturated rings. The molecule has 106 valence electrons. The summed E-state index contributed by atoms with van der Waals surface area (Å²) in [7, 11) is 1.93. The first-order valence-electron chi connectivity index (χ1n) is 7.13. The molecular weight excluding hydrogens is 252 g/mol. The maximum atomic E-state index is 10.4. The van der Waals surface area contributed by atoms with Crippen molar-refractivity contribution in [2.75, 3.05) is 6.61 Å². The summed E-state index contributed by atoms with van der Waals surface area (Å²) >= 11 is 0. The number of rotatable bonds is 4. The van der Waals surface area contributed by atoms with Crippen molar-refractivity contribution in [1.82, 2.24) is 9.78 Å². The number of hydrogen-bond acceptors (Lipinski definition) is 3. The zero-order valence-corrected chi connectivity index (χ0v) is 12.0. The molecule has 1 N–H and O–H groups in total. The van der Waals surface area contributed by atoms with Gasteiger partial charge in [0.25, 0.3) is 0 Å². The molecule has 20 heavy (non-hydrogen) atoms. The van der Waals surface area contributed by atoms with Gasteiger partial charge in [-0.2, -0.15) is 5.10 Å². The van der Waals surface area contributed by atoms with Gasteiger partial charge in [0.1, 0.15) is 5.75 Å². The van der Waals surface area contributed by atoms with E-state index in [0.29, 0.717) is 6.42 Å². The van der Waals surface area contributed by atoms with Gasteiger partial charge in [0, 0.05) is 25.6 Å². The lowest BCUT2D eigenvalue weighted by Gasteiger charge is -2.12. The Labute approximate surface area is 119 Å². The third-order valence-electron chi connectivity index (χ3n) is 3.89. The molecule has 0 saturated carbocycles. The average molecular weight is 272 g/mol. The van der Waals surface area contributed by atoms with Crippen molar-refractivity contribution < 1.29 is 9.84 Å². The maximum absolute atomic E-state index is 10.4. The Kier molecular flexibility index (Phi) is 3.49. The summed E-state index contributed by atoms with van der Waals surface area (Å²) in [5, 5.41) is 14.8. The molecule has 1 unspecified atom stereocenters. The van der Waals surface area contributed by atoms with Crippen LogP contribution in [0.1, 0.15) is 35.5 Å². The normalized spacial score (nSPS) is 14.9. The second kappa shape index (κ2) is 5.29. The van der Waals surface area contributed by atoms with Crippen LogP contribution in [-0.4, -0.2) is 21.5 Å². The minimum absolute atomic E-state index is 0.499. The molecule has 4 heteroatoms. The van der Waals surface area contributed by atoms with Gasteiger partial charge >= 0.3 is 0 Å². The fourth-order valence-electron chi connectivity index (χ4n) is 2.67. The number of ether oxygens (including phenoxy) is 1. The van der Waals surface area contributed by atoms with E-state index in [1.54, 1.807) is 0 Å². The van der Waals surface area contributed by atoms with Gasteiger partial charge in [0.15, 0.2) is 0 Å². The summed E-state index contributed by atoms with van der Waals surface area (Å²) < 4.78 is 7.35. The molecule has 0 amide bonds. The Hall–Kier alpha value is -1.81. The number of aryl methyl sites for hydroxylation is 2. The van der Waals surface area contributed by atoms with Crippen LogP contribution in [0.3, 0.4) is 0 Å². The first-order chi connectivity index (χ1) is 9.67. The minimum Gasteiger partial charge on any atom is -0.493 e. The van der Waals surface area contributed by atoms with Gasteiger partial charge in [-0.3, -0.25) is 4.68 Å². The van der Waals surface area contributed by atoms with Crippen molar-refractivity contribution in [2.24, 2.45) is 7.05 Å². The summed E-state index contributed by atoms with van der Waals surface area (Å²) in [6, 6.07) is 8.04. The fourth-order valence-corrected chi connectivity index (χ4v) is 2.67. The molecule has 1 aromatic carbocycles. The number of aliphatic hydroxyl groups excluding tert-OH is 1. The molecule has 0 spiro atoms. The minimum atomic E-state index is -0.499. The first kappa shape index (κ1) is 13.2. The number of hydrogen-bond donors (Lipinski definition) is 1. The van der Waals surface area contributed by atoms with Gasteiger partial charge in [0.05, 0.1) is 18.4 Å². The quantitative estimate of drug-likeness (QED) is 0.928. The predicted molar refractivity (Wildman–Crippen MR) is 76.9 cm³/mol. The molecule has 2 heterocycles. The topological polar surface area (TPSA) is 47.3 Å². The third kappa shape index (κ3) is 2.43. The van der Waals surface area contributed by atoms with Crippen LogP contribution in [0.15, 0.2) is 24.3 Å². The molecule has 0 radical (unpaired) electrons. The molecule has 0 aliphatic carbocycles. The van der Waals surface area contributed by atoms with Gasteiger partial charge in [-0.15, -0.1) is 0 Å². The highest BCUT2D eigenvalue weighted by Crippen LogP contribution is 2.29. The van der Waals surface area contributed by atoms with Crippen LogP contribution in [0.25, 0.3) is 0 Å². The molecule has 3 rings (SSSR count). The molecule has 0 saturated heterocycles. The van der Waals surface area contributed by atoms with Crippen LogP contribution in [0.2, 0.25) is 0 Å². The molecule has 1 aliphatic rings. The van der Waals surface area contributed by atoms with Crippen LogP contribution < -0.4 is 4.74 Å². The highest BCUT2D eigenvalue weighted by molar-refractivity contribution is 5.40. The predicted octanol–water partition coefficient (Wildman–Crippen LogP) is 2.19. The zero-order chi connectivity index (χ0) is 14.1. The number of fused-ring (bicyclic) bond motifs is 1. The lowest BCUT2D eigenvalue weighted by atomic mass is 10.0. The third-order valence-corrected chi connectivity index (χ3v) is 3.89. The summed E-state index contributed by atoms with van der Waals surface area (Å²) in [4.78, 5) is 0. The van der Waals surface area contributed by atoms with E-state index in [0.717, 1.165) is 42.1 Å². The molecule has 4 nitrogen and oxygen atoms in total. The van der Waals surface area contributed by atoms with E-state index >= 15 is 0 Å². The lowest BCUT2D eigenvalue weighted by molar-refractivity contribution is 0.175. The Morgan fingerprint density at radius 2 is 2.25 bits per heavy atom.